The van der Waals surface area contributed by atoms with E-state index >= 15 is 0 Å². The molecule has 4 aliphatic carbocycles. The summed E-state index contributed by atoms with van der Waals surface area (Å²) in [6, 6.07) is 8.15. The molecular formula is C29H41N5O3. The molecule has 1 saturated heterocycles. The second-order valence-corrected chi connectivity index (χ2v) is 12.2. The number of amides is 2. The van der Waals surface area contributed by atoms with Gasteiger partial charge in [-0.2, -0.15) is 5.10 Å². The highest BCUT2D eigenvalue weighted by Crippen LogP contribution is 2.60. The number of rotatable bonds is 8. The summed E-state index contributed by atoms with van der Waals surface area (Å²) in [6.07, 6.45) is 7.65. The quantitative estimate of drug-likeness (QED) is 0.510. The lowest BCUT2D eigenvalue weighted by Crippen LogP contribution is -2.60. The predicted molar refractivity (Wildman–Crippen MR) is 142 cm³/mol. The number of aryl methyl sites for hydroxylation is 1. The molecule has 200 valence electrons. The zero-order chi connectivity index (χ0) is 25.6. The molecule has 0 radical (unpaired) electrons. The molecule has 2 aromatic rings. The number of fused-ring (bicyclic) bond motifs is 1. The molecule has 4 saturated carbocycles. The van der Waals surface area contributed by atoms with Crippen molar-refractivity contribution in [2.45, 2.75) is 77.0 Å². The first kappa shape index (κ1) is 24.9. The first-order valence-corrected chi connectivity index (χ1v) is 14.4. The predicted octanol–water partition coefficient (Wildman–Crippen LogP) is 2.94. The summed E-state index contributed by atoms with van der Waals surface area (Å²) in [6.45, 7) is 6.14. The Balaban J connectivity index is 0.967. The lowest BCUT2D eigenvalue weighted by atomic mass is 9.48. The van der Waals surface area contributed by atoms with Gasteiger partial charge in [0.25, 0.3) is 5.91 Å². The highest BCUT2D eigenvalue weighted by Gasteiger charge is 2.58. The van der Waals surface area contributed by atoms with Gasteiger partial charge in [-0.25, -0.2) is 0 Å². The third-order valence-corrected chi connectivity index (χ3v) is 9.65. The zero-order valence-corrected chi connectivity index (χ0v) is 22.0. The number of nitrogens with zero attached hydrogens (tertiary/aromatic N) is 3. The first-order chi connectivity index (χ1) is 18.0. The fourth-order valence-electron chi connectivity index (χ4n) is 8.00. The van der Waals surface area contributed by atoms with Crippen molar-refractivity contribution >= 4 is 22.7 Å². The number of aliphatic hydroxyl groups excluding tert-OH is 1. The number of nitrogens with one attached hydrogen (secondary N) is 2. The largest absolute Gasteiger partial charge is 0.393 e. The second-order valence-electron chi connectivity index (χ2n) is 12.2. The molecule has 8 heteroatoms. The first-order valence-electron chi connectivity index (χ1n) is 14.4. The summed E-state index contributed by atoms with van der Waals surface area (Å²) in [4.78, 5) is 28.7. The van der Waals surface area contributed by atoms with Crippen molar-refractivity contribution in [3.8, 4) is 0 Å². The van der Waals surface area contributed by atoms with Crippen LogP contribution in [0.5, 0.6) is 0 Å². The van der Waals surface area contributed by atoms with Crippen LogP contribution in [0.3, 0.4) is 0 Å². The number of likely N-dealkylation sites (tertiary alicyclic amines) is 1. The molecule has 4 bridgehead atoms. The summed E-state index contributed by atoms with van der Waals surface area (Å²) in [5.74, 6) is 1.41. The van der Waals surface area contributed by atoms with Crippen LogP contribution in [-0.4, -0.2) is 69.9 Å². The van der Waals surface area contributed by atoms with E-state index in [1.165, 1.54) is 0 Å². The number of para-hydroxylation sites is 1. The lowest BCUT2D eigenvalue weighted by Gasteiger charge is -2.58. The molecule has 2 atom stereocenters. The van der Waals surface area contributed by atoms with Crippen molar-refractivity contribution in [3.63, 3.8) is 0 Å². The molecule has 2 unspecified atom stereocenters. The molecular weight excluding hydrogens is 466 g/mol. The van der Waals surface area contributed by atoms with Crippen LogP contribution in [0.2, 0.25) is 0 Å². The van der Waals surface area contributed by atoms with Crippen molar-refractivity contribution in [1.82, 2.24) is 25.3 Å². The highest BCUT2D eigenvalue weighted by molar-refractivity contribution is 6.04. The fraction of sp³-hybridized carbons (Fsp3) is 0.690. The van der Waals surface area contributed by atoms with Crippen molar-refractivity contribution < 1.29 is 14.7 Å². The summed E-state index contributed by atoms with van der Waals surface area (Å²) in [5.41, 5.74) is 1.27. The minimum atomic E-state index is -0.231. The summed E-state index contributed by atoms with van der Waals surface area (Å²) in [7, 11) is 0. The zero-order valence-electron chi connectivity index (χ0n) is 22.0. The standard InChI is InChI=1S/C29H41N5O3/c1-2-10-34-24-6-4-3-5-23(24)25(32-34)27(36)30-9-13-33-11-7-22(8-12-33)31-28(37)29-16-19-14-20(17-29)26(35)21(15-19)18-29/h3-6,19-22,26,35H,2,7-18H2,1H3,(H,30,36)(H,31,37). The Hall–Kier alpha value is -2.45. The maximum atomic E-state index is 13.4. The topological polar surface area (TPSA) is 99.5 Å². The normalized spacial score (nSPS) is 31.6. The van der Waals surface area contributed by atoms with Crippen LogP contribution in [-0.2, 0) is 11.3 Å². The number of carbonyl (C=O) groups is 2. The van der Waals surface area contributed by atoms with Gasteiger partial charge in [-0.1, -0.05) is 25.1 Å². The van der Waals surface area contributed by atoms with Crippen LogP contribution < -0.4 is 10.6 Å². The molecule has 3 N–H and O–H groups in total. The Morgan fingerprint density at radius 3 is 2.54 bits per heavy atom. The van der Waals surface area contributed by atoms with Crippen LogP contribution in [0.4, 0.5) is 0 Å². The van der Waals surface area contributed by atoms with Gasteiger partial charge in [-0.15, -0.1) is 0 Å². The Labute approximate surface area is 219 Å². The van der Waals surface area contributed by atoms with Gasteiger partial charge in [0.2, 0.25) is 5.91 Å². The van der Waals surface area contributed by atoms with E-state index in [0.29, 0.717) is 30.0 Å². The van der Waals surface area contributed by atoms with Crippen molar-refractivity contribution in [2.24, 2.45) is 23.2 Å². The van der Waals surface area contributed by atoms with Gasteiger partial charge in [-0.05, 0) is 75.2 Å². The van der Waals surface area contributed by atoms with Gasteiger partial charge >= 0.3 is 0 Å². The minimum absolute atomic E-state index is 0.117. The van der Waals surface area contributed by atoms with Crippen LogP contribution >= 0.6 is 0 Å². The van der Waals surface area contributed by atoms with Gasteiger partial charge in [0, 0.05) is 44.2 Å². The minimum Gasteiger partial charge on any atom is -0.393 e. The molecule has 2 amide bonds. The van der Waals surface area contributed by atoms with Gasteiger partial charge in [-0.3, -0.25) is 14.3 Å². The van der Waals surface area contributed by atoms with Gasteiger partial charge in [0.05, 0.1) is 17.0 Å². The van der Waals surface area contributed by atoms with E-state index in [2.05, 4.69) is 27.6 Å². The highest BCUT2D eigenvalue weighted by atomic mass is 16.3. The van der Waals surface area contributed by atoms with E-state index in [-0.39, 0.29) is 29.4 Å². The number of benzene rings is 1. The molecule has 1 aliphatic heterocycles. The van der Waals surface area contributed by atoms with E-state index in [9.17, 15) is 14.7 Å². The lowest BCUT2D eigenvalue weighted by molar-refractivity contribution is -0.163. The van der Waals surface area contributed by atoms with Crippen LogP contribution in [0.1, 0.15) is 68.8 Å². The molecule has 5 fully saturated rings. The molecule has 2 heterocycles. The van der Waals surface area contributed by atoms with E-state index in [0.717, 1.165) is 88.4 Å². The number of hydrogen-bond acceptors (Lipinski definition) is 5. The monoisotopic (exact) mass is 507 g/mol. The summed E-state index contributed by atoms with van der Waals surface area (Å²) >= 11 is 0. The molecule has 7 rings (SSSR count). The fourth-order valence-corrected chi connectivity index (χ4v) is 8.00. The van der Waals surface area contributed by atoms with Crippen molar-refractivity contribution in [2.75, 3.05) is 26.2 Å². The molecule has 0 spiro atoms. The third-order valence-electron chi connectivity index (χ3n) is 9.65. The van der Waals surface area contributed by atoms with Crippen molar-refractivity contribution in [3.05, 3.63) is 30.0 Å². The molecule has 1 aromatic carbocycles. The Morgan fingerprint density at radius 1 is 1.08 bits per heavy atom. The van der Waals surface area contributed by atoms with Crippen molar-refractivity contribution in [1.29, 1.82) is 0 Å². The number of carbonyl (C=O) groups excluding carboxylic acids is 2. The number of aliphatic hydroxyl groups is 1. The average molecular weight is 508 g/mol. The van der Waals surface area contributed by atoms with Crippen LogP contribution in [0.25, 0.3) is 10.9 Å². The number of aromatic nitrogens is 2. The van der Waals surface area contributed by atoms with Crippen LogP contribution in [0, 0.1) is 23.2 Å². The molecule has 8 nitrogen and oxygen atoms in total. The van der Waals surface area contributed by atoms with E-state index in [1.807, 2.05) is 28.9 Å². The van der Waals surface area contributed by atoms with Gasteiger partial charge in [0.1, 0.15) is 0 Å². The number of piperidine rings is 1. The maximum absolute atomic E-state index is 13.4. The SMILES string of the molecule is CCCn1nc(C(=O)NCCN2CCC(NC(=O)C34CC5CC(C3)C(O)C(C5)C4)CC2)c2ccccc21. The maximum Gasteiger partial charge on any atom is 0.272 e. The Morgan fingerprint density at radius 2 is 1.81 bits per heavy atom. The summed E-state index contributed by atoms with van der Waals surface area (Å²) in [5, 5.41) is 22.5. The average Bonchev–Trinajstić information content (AvgIpc) is 3.26. The third kappa shape index (κ3) is 4.67. The molecule has 5 aliphatic rings. The Bertz CT molecular complexity index is 1140. The second kappa shape index (κ2) is 10.0. The number of hydrogen-bond donors (Lipinski definition) is 3. The Kier molecular flexibility index (Phi) is 6.74. The van der Waals surface area contributed by atoms with E-state index < -0.39 is 0 Å². The molecule has 37 heavy (non-hydrogen) atoms. The van der Waals surface area contributed by atoms with E-state index in [4.69, 9.17) is 0 Å². The van der Waals surface area contributed by atoms with Gasteiger partial charge in [0.15, 0.2) is 5.69 Å². The van der Waals surface area contributed by atoms with Gasteiger partial charge < -0.3 is 20.6 Å². The molecule has 1 aromatic heterocycles. The summed E-state index contributed by atoms with van der Waals surface area (Å²) < 4.78 is 1.93. The smallest absolute Gasteiger partial charge is 0.272 e. The van der Waals surface area contributed by atoms with E-state index in [1.54, 1.807) is 0 Å². The van der Waals surface area contributed by atoms with Crippen LogP contribution in [0.15, 0.2) is 24.3 Å².